The molecule has 2 aromatic carbocycles. The quantitative estimate of drug-likeness (QED) is 0.521. The first-order valence-electron chi connectivity index (χ1n) is 4.59. The lowest BCUT2D eigenvalue weighted by Gasteiger charge is -2.05. The van der Waals surface area contributed by atoms with Gasteiger partial charge < -0.3 is 0 Å². The molecule has 2 rings (SSSR count). The molecule has 0 heterocycles. The highest BCUT2D eigenvalue weighted by Crippen LogP contribution is 2.28. The molecule has 88 valence electrons. The van der Waals surface area contributed by atoms with Crippen molar-refractivity contribution in [3.05, 3.63) is 58.6 Å². The topological polar surface area (TPSA) is 0 Å². The Kier molecular flexibility index (Phi) is 3.07. The second-order valence-corrected chi connectivity index (χ2v) is 3.76. The van der Waals surface area contributed by atoms with E-state index in [4.69, 9.17) is 11.6 Å². The summed E-state index contributed by atoms with van der Waals surface area (Å²) in [5.74, 6) is -4.84. The van der Waals surface area contributed by atoms with Crippen molar-refractivity contribution in [3.63, 3.8) is 0 Å². The molecule has 0 fully saturated rings. The van der Waals surface area contributed by atoms with Crippen molar-refractivity contribution in [3.8, 4) is 11.1 Å². The fraction of sp³-hybridized carbons (Fsp3) is 0. The molecule has 0 aliphatic carbocycles. The highest BCUT2D eigenvalue weighted by atomic mass is 35.5. The van der Waals surface area contributed by atoms with Crippen molar-refractivity contribution in [2.75, 3.05) is 0 Å². The van der Waals surface area contributed by atoms with Crippen molar-refractivity contribution in [1.82, 2.24) is 0 Å². The Labute approximate surface area is 99.5 Å². The smallest absolute Gasteiger partial charge is 0.195 e. The van der Waals surface area contributed by atoms with Gasteiger partial charge in [-0.3, -0.25) is 0 Å². The fourth-order valence-corrected chi connectivity index (χ4v) is 1.59. The third kappa shape index (κ3) is 2.13. The molecular weight excluding hydrogens is 256 g/mol. The van der Waals surface area contributed by atoms with Crippen LogP contribution in [0.2, 0.25) is 5.02 Å². The van der Waals surface area contributed by atoms with Crippen LogP contribution in [0.5, 0.6) is 0 Å². The highest BCUT2D eigenvalue weighted by Gasteiger charge is 2.15. The van der Waals surface area contributed by atoms with E-state index in [9.17, 15) is 17.6 Å². The summed E-state index contributed by atoms with van der Waals surface area (Å²) in [5.41, 5.74) is -0.00130. The maximum atomic E-state index is 13.4. The molecule has 0 unspecified atom stereocenters. The number of rotatable bonds is 1. The standard InChI is InChI=1S/C12H5ClF4/c13-8-5-6(1-3-9(8)14)7-2-4-10(15)12(17)11(7)16/h1-5H. The molecule has 0 atom stereocenters. The van der Waals surface area contributed by atoms with E-state index in [2.05, 4.69) is 0 Å². The lowest BCUT2D eigenvalue weighted by atomic mass is 10.0. The monoisotopic (exact) mass is 260 g/mol. The van der Waals surface area contributed by atoms with E-state index in [0.717, 1.165) is 24.3 Å². The minimum Gasteiger partial charge on any atom is -0.205 e. The average Bonchev–Trinajstić information content (AvgIpc) is 2.30. The molecule has 0 aliphatic rings. The largest absolute Gasteiger partial charge is 0.205 e. The summed E-state index contributed by atoms with van der Waals surface area (Å²) in [6, 6.07) is 5.27. The maximum absolute atomic E-state index is 13.4. The average molecular weight is 261 g/mol. The third-order valence-corrected chi connectivity index (χ3v) is 2.56. The van der Waals surface area contributed by atoms with Crippen LogP contribution in [0.4, 0.5) is 17.6 Å². The normalized spacial score (nSPS) is 10.6. The van der Waals surface area contributed by atoms with Crippen molar-refractivity contribution in [1.29, 1.82) is 0 Å². The lowest BCUT2D eigenvalue weighted by Crippen LogP contribution is -1.94. The second kappa shape index (κ2) is 4.37. The van der Waals surface area contributed by atoms with E-state index in [1.807, 2.05) is 0 Å². The van der Waals surface area contributed by atoms with Gasteiger partial charge in [0.1, 0.15) is 5.82 Å². The Morgan fingerprint density at radius 3 is 2.06 bits per heavy atom. The molecule has 0 bridgehead atoms. The molecule has 0 saturated carbocycles. The Morgan fingerprint density at radius 1 is 0.765 bits per heavy atom. The van der Waals surface area contributed by atoms with Gasteiger partial charge in [0.2, 0.25) is 0 Å². The Hall–Kier alpha value is -1.55. The zero-order valence-electron chi connectivity index (χ0n) is 8.28. The molecule has 2 aromatic rings. The van der Waals surface area contributed by atoms with Crippen LogP contribution in [0.3, 0.4) is 0 Å². The SMILES string of the molecule is Fc1ccc(-c2ccc(F)c(F)c2F)cc1Cl. The summed E-state index contributed by atoms with van der Waals surface area (Å²) in [5, 5.41) is -0.216. The van der Waals surface area contributed by atoms with Crippen LogP contribution in [0, 0.1) is 23.3 Å². The molecule has 0 spiro atoms. The minimum absolute atomic E-state index is 0.174. The van der Waals surface area contributed by atoms with E-state index in [0.29, 0.717) is 0 Å². The van der Waals surface area contributed by atoms with Crippen molar-refractivity contribution in [2.45, 2.75) is 0 Å². The van der Waals surface area contributed by atoms with Crippen LogP contribution in [0.25, 0.3) is 11.1 Å². The van der Waals surface area contributed by atoms with Crippen LogP contribution in [0.15, 0.2) is 30.3 Å². The fourth-order valence-electron chi connectivity index (χ4n) is 1.41. The molecule has 0 N–H and O–H groups in total. The summed E-state index contributed by atoms with van der Waals surface area (Å²) in [6.45, 7) is 0. The van der Waals surface area contributed by atoms with Crippen molar-refractivity contribution >= 4 is 11.6 Å². The van der Waals surface area contributed by atoms with Gasteiger partial charge >= 0.3 is 0 Å². The van der Waals surface area contributed by atoms with Gasteiger partial charge in [-0.2, -0.15) is 0 Å². The molecule has 0 radical (unpaired) electrons. The molecule has 0 nitrogen and oxygen atoms in total. The number of hydrogen-bond acceptors (Lipinski definition) is 0. The zero-order chi connectivity index (χ0) is 12.6. The summed E-state index contributed by atoms with van der Waals surface area (Å²) < 4.78 is 52.0. The second-order valence-electron chi connectivity index (χ2n) is 3.35. The van der Waals surface area contributed by atoms with Crippen LogP contribution in [-0.4, -0.2) is 0 Å². The Bertz CT molecular complexity index is 581. The molecule has 0 aliphatic heterocycles. The molecule has 0 aromatic heterocycles. The minimum atomic E-state index is -1.57. The van der Waals surface area contributed by atoms with Gasteiger partial charge in [-0.05, 0) is 29.8 Å². The van der Waals surface area contributed by atoms with Crippen LogP contribution in [0.1, 0.15) is 0 Å². The van der Waals surface area contributed by atoms with E-state index in [1.165, 1.54) is 6.07 Å². The van der Waals surface area contributed by atoms with E-state index in [-0.39, 0.29) is 16.1 Å². The van der Waals surface area contributed by atoms with E-state index < -0.39 is 23.3 Å². The van der Waals surface area contributed by atoms with Gasteiger partial charge in [0.05, 0.1) is 5.02 Å². The highest BCUT2D eigenvalue weighted by molar-refractivity contribution is 6.31. The van der Waals surface area contributed by atoms with Crippen molar-refractivity contribution in [2.24, 2.45) is 0 Å². The summed E-state index contributed by atoms with van der Waals surface area (Å²) in [7, 11) is 0. The molecule has 5 heteroatoms. The predicted molar refractivity (Wildman–Crippen MR) is 56.7 cm³/mol. The van der Waals surface area contributed by atoms with Crippen molar-refractivity contribution < 1.29 is 17.6 Å². The first-order valence-corrected chi connectivity index (χ1v) is 4.97. The van der Waals surface area contributed by atoms with Gasteiger partial charge in [-0.15, -0.1) is 0 Å². The summed E-state index contributed by atoms with van der Waals surface area (Å²) in [6.07, 6.45) is 0. The number of halogens is 5. The summed E-state index contributed by atoms with van der Waals surface area (Å²) >= 11 is 5.52. The predicted octanol–water partition coefficient (Wildman–Crippen LogP) is 4.56. The van der Waals surface area contributed by atoms with Gasteiger partial charge in [-0.25, -0.2) is 17.6 Å². The van der Waals surface area contributed by atoms with E-state index >= 15 is 0 Å². The number of hydrogen-bond donors (Lipinski definition) is 0. The third-order valence-electron chi connectivity index (χ3n) is 2.27. The molecule has 0 amide bonds. The summed E-state index contributed by atoms with van der Waals surface area (Å²) in [4.78, 5) is 0. The van der Waals surface area contributed by atoms with Gasteiger partial charge in [0.25, 0.3) is 0 Å². The Balaban J connectivity index is 2.61. The first-order chi connectivity index (χ1) is 8.00. The van der Waals surface area contributed by atoms with E-state index in [1.54, 1.807) is 0 Å². The molecule has 17 heavy (non-hydrogen) atoms. The molecular formula is C12H5ClF4. The maximum Gasteiger partial charge on any atom is 0.195 e. The first kappa shape index (κ1) is 11.9. The number of benzene rings is 2. The van der Waals surface area contributed by atoms with Gasteiger partial charge in [0.15, 0.2) is 17.5 Å². The zero-order valence-corrected chi connectivity index (χ0v) is 9.03. The Morgan fingerprint density at radius 2 is 1.41 bits per heavy atom. The van der Waals surface area contributed by atoms with Gasteiger partial charge in [-0.1, -0.05) is 17.7 Å². The van der Waals surface area contributed by atoms with Crippen LogP contribution >= 0.6 is 11.6 Å². The van der Waals surface area contributed by atoms with Crippen LogP contribution in [-0.2, 0) is 0 Å². The van der Waals surface area contributed by atoms with Gasteiger partial charge in [0, 0.05) is 5.56 Å². The molecule has 0 saturated heterocycles. The lowest BCUT2D eigenvalue weighted by molar-refractivity contribution is 0.449. The van der Waals surface area contributed by atoms with Crippen LogP contribution < -0.4 is 0 Å².